The van der Waals surface area contributed by atoms with Gasteiger partial charge in [0.2, 0.25) is 0 Å². The number of cyclic esters (lactones) is 1. The standard InChI is InChI=1S/C30H44O8/c1-15(31)37-24-25-27(3,4)21(33)13-22(34)30(25,7)20-10-11-28(5)18(17-12-23(35)36-14-17)8-9-19(28)29(20,6)26(24)38-16(2)32/h9,17-18,20-22,24-26,33-34H,8,10-14H2,1-7H3/t17-,18+,20+,21-,22+,24-,25+,26-,28+,29+,30+/m1/s1. The minimum atomic E-state index is -0.846. The van der Waals surface area contributed by atoms with Gasteiger partial charge in [-0.3, -0.25) is 14.4 Å². The van der Waals surface area contributed by atoms with Crippen molar-refractivity contribution in [2.45, 2.75) is 105 Å². The van der Waals surface area contributed by atoms with Gasteiger partial charge in [-0.25, -0.2) is 0 Å². The molecule has 3 saturated carbocycles. The maximum Gasteiger partial charge on any atom is 0.306 e. The number of hydrogen-bond donors (Lipinski definition) is 2. The maximum absolute atomic E-state index is 12.6. The molecule has 11 atom stereocenters. The molecule has 8 heteroatoms. The Kier molecular flexibility index (Phi) is 6.39. The molecule has 1 heterocycles. The number of aliphatic hydroxyl groups excluding tert-OH is 2. The predicted octanol–water partition coefficient (Wildman–Crippen LogP) is 3.57. The quantitative estimate of drug-likeness (QED) is 0.322. The van der Waals surface area contributed by atoms with E-state index in [9.17, 15) is 24.6 Å². The Morgan fingerprint density at radius 3 is 2.26 bits per heavy atom. The lowest BCUT2D eigenvalue weighted by Crippen LogP contribution is -2.75. The van der Waals surface area contributed by atoms with Gasteiger partial charge in [0, 0.05) is 42.9 Å². The van der Waals surface area contributed by atoms with Crippen LogP contribution in [0, 0.1) is 45.3 Å². The van der Waals surface area contributed by atoms with Crippen LogP contribution in [0.15, 0.2) is 11.6 Å². The van der Waals surface area contributed by atoms with Crippen LogP contribution in [0.3, 0.4) is 0 Å². The molecule has 5 rings (SSSR count). The van der Waals surface area contributed by atoms with Crippen molar-refractivity contribution in [1.82, 2.24) is 0 Å². The van der Waals surface area contributed by atoms with E-state index < -0.39 is 58.5 Å². The van der Waals surface area contributed by atoms with E-state index in [4.69, 9.17) is 14.2 Å². The lowest BCUT2D eigenvalue weighted by Gasteiger charge is -2.71. The third-order valence-corrected chi connectivity index (χ3v) is 11.8. The Hall–Kier alpha value is -1.93. The second-order valence-electron chi connectivity index (χ2n) is 13.9. The summed E-state index contributed by atoms with van der Waals surface area (Å²) in [5, 5.41) is 22.9. The van der Waals surface area contributed by atoms with E-state index in [1.165, 1.54) is 19.4 Å². The largest absolute Gasteiger partial charge is 0.465 e. The van der Waals surface area contributed by atoms with E-state index in [0.29, 0.717) is 13.0 Å². The van der Waals surface area contributed by atoms with Crippen LogP contribution in [0.5, 0.6) is 0 Å². The van der Waals surface area contributed by atoms with Crippen molar-refractivity contribution >= 4 is 17.9 Å². The summed E-state index contributed by atoms with van der Waals surface area (Å²) in [5.41, 5.74) is -1.21. The summed E-state index contributed by atoms with van der Waals surface area (Å²) in [6.07, 6.45) is 2.11. The average Bonchev–Trinajstić information content (AvgIpc) is 3.37. The highest BCUT2D eigenvalue weighted by Crippen LogP contribution is 2.74. The topological polar surface area (TPSA) is 119 Å². The molecule has 4 fully saturated rings. The van der Waals surface area contributed by atoms with Crippen LogP contribution in [0.1, 0.15) is 80.6 Å². The van der Waals surface area contributed by atoms with Crippen LogP contribution < -0.4 is 0 Å². The molecule has 0 bridgehead atoms. The number of rotatable bonds is 3. The van der Waals surface area contributed by atoms with Gasteiger partial charge in [0.05, 0.1) is 25.2 Å². The smallest absolute Gasteiger partial charge is 0.306 e. The van der Waals surface area contributed by atoms with Gasteiger partial charge < -0.3 is 24.4 Å². The van der Waals surface area contributed by atoms with Crippen molar-refractivity contribution in [3.8, 4) is 0 Å². The molecule has 1 aliphatic heterocycles. The molecule has 1 saturated heterocycles. The van der Waals surface area contributed by atoms with Crippen molar-refractivity contribution in [3.63, 3.8) is 0 Å². The first-order valence-electron chi connectivity index (χ1n) is 14.2. The molecule has 0 radical (unpaired) electrons. The Labute approximate surface area is 225 Å². The van der Waals surface area contributed by atoms with Crippen LogP contribution in [-0.2, 0) is 28.6 Å². The summed E-state index contributed by atoms with van der Waals surface area (Å²) in [4.78, 5) is 37.2. The van der Waals surface area contributed by atoms with Gasteiger partial charge in [0.15, 0.2) is 0 Å². The molecule has 0 spiro atoms. The normalized spacial score (nSPS) is 49.2. The van der Waals surface area contributed by atoms with E-state index in [-0.39, 0.29) is 35.6 Å². The number of carbonyl (C=O) groups is 3. The van der Waals surface area contributed by atoms with Crippen molar-refractivity contribution in [3.05, 3.63) is 11.6 Å². The van der Waals surface area contributed by atoms with Crippen molar-refractivity contribution in [2.24, 2.45) is 45.3 Å². The molecule has 212 valence electrons. The summed E-state index contributed by atoms with van der Waals surface area (Å²) in [5.74, 6) is -1.28. The zero-order valence-electron chi connectivity index (χ0n) is 23.8. The molecular formula is C30H44O8. The molecule has 38 heavy (non-hydrogen) atoms. The highest BCUT2D eigenvalue weighted by molar-refractivity contribution is 5.71. The number of allylic oxidation sites excluding steroid dienone is 1. The predicted molar refractivity (Wildman–Crippen MR) is 137 cm³/mol. The Bertz CT molecular complexity index is 1060. The molecule has 0 unspecified atom stereocenters. The first-order chi connectivity index (χ1) is 17.6. The Morgan fingerprint density at radius 1 is 1.03 bits per heavy atom. The lowest BCUT2D eigenvalue weighted by atomic mass is 9.35. The first kappa shape index (κ1) is 27.6. The fraction of sp³-hybridized carbons (Fsp3) is 0.833. The average molecular weight is 533 g/mol. The van der Waals surface area contributed by atoms with Gasteiger partial charge in [-0.15, -0.1) is 0 Å². The molecule has 0 aromatic carbocycles. The highest BCUT2D eigenvalue weighted by atomic mass is 16.6. The number of ether oxygens (including phenoxy) is 3. The van der Waals surface area contributed by atoms with Crippen molar-refractivity contribution in [1.29, 1.82) is 0 Å². The molecule has 2 N–H and O–H groups in total. The zero-order valence-corrected chi connectivity index (χ0v) is 23.8. The number of aliphatic hydroxyl groups is 2. The third kappa shape index (κ3) is 3.58. The minimum absolute atomic E-state index is 0.0857. The van der Waals surface area contributed by atoms with E-state index >= 15 is 0 Å². The zero-order chi connectivity index (χ0) is 28.0. The second kappa shape index (κ2) is 8.79. The monoisotopic (exact) mass is 532 g/mol. The molecular weight excluding hydrogens is 488 g/mol. The Morgan fingerprint density at radius 2 is 1.68 bits per heavy atom. The third-order valence-electron chi connectivity index (χ3n) is 11.8. The van der Waals surface area contributed by atoms with E-state index in [1.807, 2.05) is 13.8 Å². The number of esters is 3. The van der Waals surface area contributed by atoms with Crippen LogP contribution in [0.2, 0.25) is 0 Å². The Balaban J connectivity index is 1.69. The molecule has 8 nitrogen and oxygen atoms in total. The molecule has 4 aliphatic carbocycles. The van der Waals surface area contributed by atoms with E-state index in [0.717, 1.165) is 19.3 Å². The molecule has 0 amide bonds. The second-order valence-corrected chi connectivity index (χ2v) is 13.9. The van der Waals surface area contributed by atoms with E-state index in [2.05, 4.69) is 26.8 Å². The van der Waals surface area contributed by atoms with Crippen molar-refractivity contribution in [2.75, 3.05) is 6.61 Å². The lowest BCUT2D eigenvalue weighted by molar-refractivity contribution is -0.294. The first-order valence-corrected chi connectivity index (χ1v) is 14.2. The van der Waals surface area contributed by atoms with Gasteiger partial charge in [-0.1, -0.05) is 46.3 Å². The van der Waals surface area contributed by atoms with Gasteiger partial charge in [0.25, 0.3) is 0 Å². The van der Waals surface area contributed by atoms with Crippen LogP contribution in [-0.4, -0.2) is 59.1 Å². The summed E-state index contributed by atoms with van der Waals surface area (Å²) in [6.45, 7) is 13.5. The van der Waals surface area contributed by atoms with Gasteiger partial charge in [0.1, 0.15) is 12.2 Å². The minimum Gasteiger partial charge on any atom is -0.465 e. The van der Waals surface area contributed by atoms with Crippen LogP contribution >= 0.6 is 0 Å². The summed E-state index contributed by atoms with van der Waals surface area (Å²) >= 11 is 0. The van der Waals surface area contributed by atoms with Gasteiger partial charge >= 0.3 is 17.9 Å². The van der Waals surface area contributed by atoms with Crippen LogP contribution in [0.25, 0.3) is 0 Å². The van der Waals surface area contributed by atoms with Gasteiger partial charge in [-0.2, -0.15) is 0 Å². The number of fused-ring (bicyclic) bond motifs is 5. The number of hydrogen-bond acceptors (Lipinski definition) is 8. The highest BCUT2D eigenvalue weighted by Gasteiger charge is 2.75. The van der Waals surface area contributed by atoms with Crippen LogP contribution in [0.4, 0.5) is 0 Å². The maximum atomic E-state index is 12.6. The number of carbonyl (C=O) groups excluding carboxylic acids is 3. The molecule has 0 aromatic rings. The SMILES string of the molecule is CC(=O)O[C@H]1[C@@H](OC(C)=O)[C@@]2(C)C3=CC[C@@H]([C@H]4COC(=O)C4)[C@]3(C)CC[C@@H]2[C@@]2(C)[C@@H](O)C[C@@H](O)C(C)(C)[C@H]12. The van der Waals surface area contributed by atoms with Gasteiger partial charge in [-0.05, 0) is 41.9 Å². The fourth-order valence-corrected chi connectivity index (χ4v) is 10.3. The molecule has 5 aliphatic rings. The fourth-order valence-electron chi connectivity index (χ4n) is 10.3. The summed E-state index contributed by atoms with van der Waals surface area (Å²) in [7, 11) is 0. The summed E-state index contributed by atoms with van der Waals surface area (Å²) < 4.78 is 17.6. The van der Waals surface area contributed by atoms with Crippen molar-refractivity contribution < 1.29 is 38.8 Å². The molecule has 0 aromatic heterocycles. The summed E-state index contributed by atoms with van der Waals surface area (Å²) in [6, 6.07) is 0. The van der Waals surface area contributed by atoms with E-state index in [1.54, 1.807) is 0 Å².